The molecule has 124 valence electrons. The zero-order valence-electron chi connectivity index (χ0n) is 13.5. The molecule has 1 aromatic rings. The third kappa shape index (κ3) is 4.57. The third-order valence-corrected chi connectivity index (χ3v) is 4.00. The van der Waals surface area contributed by atoms with Crippen molar-refractivity contribution in [3.8, 4) is 12.1 Å². The fourth-order valence-electron chi connectivity index (χ4n) is 2.73. The second kappa shape index (κ2) is 8.69. The summed E-state index contributed by atoms with van der Waals surface area (Å²) in [7, 11) is 0. The van der Waals surface area contributed by atoms with Gasteiger partial charge in [0.15, 0.2) is 6.61 Å². The first-order valence-electron chi connectivity index (χ1n) is 7.96. The van der Waals surface area contributed by atoms with Crippen molar-refractivity contribution in [1.29, 1.82) is 10.5 Å². The monoisotopic (exact) mass is 325 g/mol. The molecule has 0 fully saturated rings. The maximum absolute atomic E-state index is 12.1. The Bertz CT molecular complexity index is 682. The van der Waals surface area contributed by atoms with Gasteiger partial charge in [-0.3, -0.25) is 4.79 Å². The molecule has 0 radical (unpaired) electrons. The lowest BCUT2D eigenvalue weighted by molar-refractivity contribution is -0.134. The van der Waals surface area contributed by atoms with E-state index in [0.29, 0.717) is 5.56 Å². The Hall–Kier alpha value is -2.86. The standard InChI is InChI=1S/C18H19N3O3/c19-8-2-10-21(11-3-9-20)17(22)13-24-18(23)16-7-6-14-4-1-5-15(14)12-16/h6-7,12H,1-5,10-11,13H2. The molecule has 0 unspecified atom stereocenters. The average molecular weight is 325 g/mol. The SMILES string of the molecule is N#CCCN(CCC#N)C(=O)COC(=O)c1ccc2c(c1)CCC2. The molecule has 6 nitrogen and oxygen atoms in total. The molecule has 0 bridgehead atoms. The van der Waals surface area contributed by atoms with Gasteiger partial charge in [0.1, 0.15) is 0 Å². The van der Waals surface area contributed by atoms with E-state index in [9.17, 15) is 9.59 Å². The Kier molecular flexibility index (Phi) is 6.33. The van der Waals surface area contributed by atoms with E-state index in [2.05, 4.69) is 0 Å². The van der Waals surface area contributed by atoms with Crippen LogP contribution < -0.4 is 0 Å². The van der Waals surface area contributed by atoms with Crippen LogP contribution in [0.2, 0.25) is 0 Å². The van der Waals surface area contributed by atoms with Gasteiger partial charge in [-0.05, 0) is 42.5 Å². The van der Waals surface area contributed by atoms with Gasteiger partial charge in [0, 0.05) is 13.1 Å². The number of fused-ring (bicyclic) bond motifs is 1. The number of carbonyl (C=O) groups excluding carboxylic acids is 2. The molecule has 0 saturated carbocycles. The van der Waals surface area contributed by atoms with Gasteiger partial charge >= 0.3 is 5.97 Å². The zero-order chi connectivity index (χ0) is 17.4. The van der Waals surface area contributed by atoms with Gasteiger partial charge in [-0.2, -0.15) is 10.5 Å². The van der Waals surface area contributed by atoms with Crippen molar-refractivity contribution in [2.45, 2.75) is 32.1 Å². The lowest BCUT2D eigenvalue weighted by Gasteiger charge is -2.20. The maximum atomic E-state index is 12.1. The minimum Gasteiger partial charge on any atom is -0.452 e. The van der Waals surface area contributed by atoms with Crippen molar-refractivity contribution >= 4 is 11.9 Å². The molecule has 0 aliphatic heterocycles. The van der Waals surface area contributed by atoms with Crippen LogP contribution in [-0.4, -0.2) is 36.5 Å². The summed E-state index contributed by atoms with van der Waals surface area (Å²) in [6.07, 6.45) is 3.45. The number of nitrogens with zero attached hydrogens (tertiary/aromatic N) is 3. The van der Waals surface area contributed by atoms with E-state index in [-0.39, 0.29) is 32.5 Å². The quantitative estimate of drug-likeness (QED) is 0.715. The number of hydrogen-bond donors (Lipinski definition) is 0. The van der Waals surface area contributed by atoms with E-state index < -0.39 is 11.9 Å². The van der Waals surface area contributed by atoms with Crippen molar-refractivity contribution in [1.82, 2.24) is 4.90 Å². The van der Waals surface area contributed by atoms with Crippen LogP contribution in [0.25, 0.3) is 0 Å². The molecular weight excluding hydrogens is 306 g/mol. The van der Waals surface area contributed by atoms with Crippen LogP contribution in [0.4, 0.5) is 0 Å². The van der Waals surface area contributed by atoms with Gasteiger partial charge in [0.25, 0.3) is 5.91 Å². The number of benzene rings is 1. The highest BCUT2D eigenvalue weighted by molar-refractivity contribution is 5.91. The predicted molar refractivity (Wildman–Crippen MR) is 85.8 cm³/mol. The van der Waals surface area contributed by atoms with Crippen LogP contribution in [0.15, 0.2) is 18.2 Å². The van der Waals surface area contributed by atoms with Crippen molar-refractivity contribution in [2.75, 3.05) is 19.7 Å². The molecule has 0 atom stereocenters. The molecule has 0 N–H and O–H groups in total. The first kappa shape index (κ1) is 17.5. The Balaban J connectivity index is 1.90. The lowest BCUT2D eigenvalue weighted by atomic mass is 10.1. The summed E-state index contributed by atoms with van der Waals surface area (Å²) in [5.74, 6) is -0.923. The van der Waals surface area contributed by atoms with Crippen LogP contribution in [0.1, 0.15) is 40.7 Å². The first-order valence-corrected chi connectivity index (χ1v) is 7.96. The summed E-state index contributed by atoms with van der Waals surface area (Å²) < 4.78 is 5.09. The van der Waals surface area contributed by atoms with Gasteiger partial charge in [0.2, 0.25) is 0 Å². The Labute approximate surface area is 141 Å². The predicted octanol–water partition coefficient (Wildman–Crippen LogP) is 1.99. The number of nitriles is 2. The molecule has 0 spiro atoms. The number of aryl methyl sites for hydroxylation is 2. The summed E-state index contributed by atoms with van der Waals surface area (Å²) in [6, 6.07) is 9.41. The highest BCUT2D eigenvalue weighted by Gasteiger charge is 2.18. The fourth-order valence-corrected chi connectivity index (χ4v) is 2.73. The second-order valence-corrected chi connectivity index (χ2v) is 5.61. The van der Waals surface area contributed by atoms with Crippen LogP contribution in [0.5, 0.6) is 0 Å². The van der Waals surface area contributed by atoms with E-state index >= 15 is 0 Å². The van der Waals surface area contributed by atoms with E-state index in [1.54, 1.807) is 6.07 Å². The van der Waals surface area contributed by atoms with E-state index in [4.69, 9.17) is 15.3 Å². The van der Waals surface area contributed by atoms with Crippen molar-refractivity contribution < 1.29 is 14.3 Å². The van der Waals surface area contributed by atoms with Crippen molar-refractivity contribution in [3.05, 3.63) is 34.9 Å². The highest BCUT2D eigenvalue weighted by atomic mass is 16.5. The Morgan fingerprint density at radius 1 is 1.08 bits per heavy atom. The Morgan fingerprint density at radius 2 is 1.75 bits per heavy atom. The highest BCUT2D eigenvalue weighted by Crippen LogP contribution is 2.23. The van der Waals surface area contributed by atoms with Gasteiger partial charge in [-0.1, -0.05) is 6.07 Å². The molecule has 1 aliphatic carbocycles. The number of amides is 1. The summed E-state index contributed by atoms with van der Waals surface area (Å²) in [6.45, 7) is 0.0770. The lowest BCUT2D eigenvalue weighted by Crippen LogP contribution is -2.36. The molecule has 24 heavy (non-hydrogen) atoms. The fraction of sp³-hybridized carbons (Fsp3) is 0.444. The molecule has 1 aromatic carbocycles. The number of rotatable bonds is 7. The Morgan fingerprint density at radius 3 is 2.42 bits per heavy atom. The molecular formula is C18H19N3O3. The molecule has 1 amide bonds. The minimum absolute atomic E-state index is 0.177. The minimum atomic E-state index is -0.529. The van der Waals surface area contributed by atoms with Gasteiger partial charge in [-0.15, -0.1) is 0 Å². The number of ether oxygens (including phenoxy) is 1. The number of hydrogen-bond acceptors (Lipinski definition) is 5. The van der Waals surface area contributed by atoms with Crippen LogP contribution in [-0.2, 0) is 22.4 Å². The molecule has 6 heteroatoms. The summed E-state index contributed by atoms with van der Waals surface area (Å²) in [5.41, 5.74) is 2.88. The number of esters is 1. The maximum Gasteiger partial charge on any atom is 0.338 e. The molecule has 2 rings (SSSR count). The van der Waals surface area contributed by atoms with Crippen LogP contribution in [0, 0.1) is 22.7 Å². The van der Waals surface area contributed by atoms with E-state index in [1.165, 1.54) is 16.0 Å². The summed E-state index contributed by atoms with van der Waals surface area (Å²) >= 11 is 0. The smallest absolute Gasteiger partial charge is 0.338 e. The van der Waals surface area contributed by atoms with E-state index in [0.717, 1.165) is 19.3 Å². The molecule has 0 heterocycles. The average Bonchev–Trinajstić information content (AvgIpc) is 3.07. The largest absolute Gasteiger partial charge is 0.452 e. The van der Waals surface area contributed by atoms with Crippen LogP contribution >= 0.6 is 0 Å². The van der Waals surface area contributed by atoms with Gasteiger partial charge in [-0.25, -0.2) is 4.79 Å². The van der Waals surface area contributed by atoms with Crippen molar-refractivity contribution in [2.24, 2.45) is 0 Å². The normalized spacial score (nSPS) is 11.9. The third-order valence-electron chi connectivity index (χ3n) is 4.00. The topological polar surface area (TPSA) is 94.2 Å². The number of carbonyl (C=O) groups is 2. The van der Waals surface area contributed by atoms with Gasteiger partial charge in [0.05, 0.1) is 30.5 Å². The molecule has 0 saturated heterocycles. The summed E-state index contributed by atoms with van der Waals surface area (Å²) in [4.78, 5) is 25.6. The first-order chi connectivity index (χ1) is 11.7. The zero-order valence-corrected chi connectivity index (χ0v) is 13.5. The van der Waals surface area contributed by atoms with E-state index in [1.807, 2.05) is 24.3 Å². The summed E-state index contributed by atoms with van der Waals surface area (Å²) in [5, 5.41) is 17.3. The van der Waals surface area contributed by atoms with Crippen LogP contribution in [0.3, 0.4) is 0 Å². The van der Waals surface area contributed by atoms with Crippen molar-refractivity contribution in [3.63, 3.8) is 0 Å². The molecule has 1 aliphatic rings. The van der Waals surface area contributed by atoms with Gasteiger partial charge < -0.3 is 9.64 Å². The second-order valence-electron chi connectivity index (χ2n) is 5.61. The molecule has 0 aromatic heterocycles.